The first-order valence-electron chi connectivity index (χ1n) is 6.76. The first-order chi connectivity index (χ1) is 11.1. The van der Waals surface area contributed by atoms with Crippen molar-refractivity contribution >= 4 is 33.7 Å². The minimum absolute atomic E-state index is 0.174. The zero-order valence-corrected chi connectivity index (χ0v) is 14.3. The van der Waals surface area contributed by atoms with E-state index >= 15 is 0 Å². The third-order valence-corrected chi connectivity index (χ3v) is 4.68. The fourth-order valence-corrected chi connectivity index (χ4v) is 3.42. The van der Waals surface area contributed by atoms with Crippen molar-refractivity contribution in [2.24, 2.45) is 0 Å². The molecule has 0 bridgehead atoms. The average Bonchev–Trinajstić information content (AvgIpc) is 2.98. The Bertz CT molecular complexity index is 836. The van der Waals surface area contributed by atoms with E-state index in [-0.39, 0.29) is 5.56 Å². The Morgan fingerprint density at radius 3 is 2.65 bits per heavy atom. The fourth-order valence-electron chi connectivity index (χ4n) is 2.03. The topological polar surface area (TPSA) is 68.0 Å². The molecule has 0 saturated carbocycles. The highest BCUT2D eigenvalue weighted by Crippen LogP contribution is 2.28. The van der Waals surface area contributed by atoms with Crippen molar-refractivity contribution in [3.63, 3.8) is 0 Å². The number of halogens is 1. The quantitative estimate of drug-likeness (QED) is 0.527. The number of thioether (sulfide) groups is 1. The van der Waals surface area contributed by atoms with Crippen LogP contribution in [-0.2, 0) is 5.75 Å². The molecule has 0 saturated heterocycles. The van der Waals surface area contributed by atoms with Gasteiger partial charge in [-0.3, -0.25) is 0 Å². The number of carbonyl (C=O) groups is 1. The van der Waals surface area contributed by atoms with E-state index in [9.17, 15) is 9.90 Å². The predicted molar refractivity (Wildman–Crippen MR) is 92.0 cm³/mol. The number of aromatic carboxylic acids is 1. The zero-order valence-electron chi connectivity index (χ0n) is 11.9. The molecule has 7 heteroatoms. The number of pyridine rings is 1. The SMILES string of the molecule is O=C(O)c1cnn(-c2cccc(Br)n2)c1SCc1ccccc1. The molecule has 1 N–H and O–H groups in total. The number of carboxylic acids is 1. The molecule has 0 radical (unpaired) electrons. The van der Waals surface area contributed by atoms with E-state index in [2.05, 4.69) is 26.0 Å². The second kappa shape index (κ2) is 6.97. The molecule has 2 heterocycles. The second-order valence-corrected chi connectivity index (χ2v) is 6.45. The van der Waals surface area contributed by atoms with Crippen LogP contribution in [0.2, 0.25) is 0 Å². The predicted octanol–water partition coefficient (Wildman–Crippen LogP) is 4.02. The van der Waals surface area contributed by atoms with Crippen LogP contribution in [0.3, 0.4) is 0 Å². The van der Waals surface area contributed by atoms with Crippen LogP contribution in [0.1, 0.15) is 15.9 Å². The van der Waals surface area contributed by atoms with E-state index in [1.807, 2.05) is 42.5 Å². The molecule has 0 fully saturated rings. The lowest BCUT2D eigenvalue weighted by molar-refractivity contribution is 0.0693. The van der Waals surface area contributed by atoms with E-state index in [0.717, 1.165) is 5.56 Å². The molecule has 0 unspecified atom stereocenters. The summed E-state index contributed by atoms with van der Waals surface area (Å²) in [5.74, 6) is 0.227. The number of nitrogens with zero attached hydrogens (tertiary/aromatic N) is 3. The Morgan fingerprint density at radius 1 is 1.17 bits per heavy atom. The zero-order chi connectivity index (χ0) is 16.2. The molecule has 0 aliphatic heterocycles. The first kappa shape index (κ1) is 15.8. The molecule has 3 rings (SSSR count). The summed E-state index contributed by atoms with van der Waals surface area (Å²) in [6.45, 7) is 0. The Balaban J connectivity index is 1.96. The minimum Gasteiger partial charge on any atom is -0.478 e. The summed E-state index contributed by atoms with van der Waals surface area (Å²) in [5, 5.41) is 14.1. The van der Waals surface area contributed by atoms with Crippen LogP contribution in [0.5, 0.6) is 0 Å². The molecule has 3 aromatic rings. The largest absolute Gasteiger partial charge is 0.478 e. The molecule has 0 spiro atoms. The summed E-state index contributed by atoms with van der Waals surface area (Å²) in [6, 6.07) is 15.3. The van der Waals surface area contributed by atoms with Gasteiger partial charge in [0.05, 0.1) is 6.20 Å². The van der Waals surface area contributed by atoms with Gasteiger partial charge >= 0.3 is 5.97 Å². The van der Waals surface area contributed by atoms with Gasteiger partial charge in [0.1, 0.15) is 15.2 Å². The van der Waals surface area contributed by atoms with Crippen molar-refractivity contribution < 1.29 is 9.90 Å². The summed E-state index contributed by atoms with van der Waals surface area (Å²) < 4.78 is 2.23. The highest BCUT2D eigenvalue weighted by atomic mass is 79.9. The normalized spacial score (nSPS) is 10.7. The summed E-state index contributed by atoms with van der Waals surface area (Å²) in [6.07, 6.45) is 1.36. The number of hydrogen-bond acceptors (Lipinski definition) is 4. The van der Waals surface area contributed by atoms with Gasteiger partial charge in [0, 0.05) is 5.75 Å². The van der Waals surface area contributed by atoms with Crippen LogP contribution in [-0.4, -0.2) is 25.8 Å². The highest BCUT2D eigenvalue weighted by molar-refractivity contribution is 9.10. The van der Waals surface area contributed by atoms with Crippen LogP contribution >= 0.6 is 27.7 Å². The average molecular weight is 390 g/mol. The van der Waals surface area contributed by atoms with Crippen molar-refractivity contribution in [2.75, 3.05) is 0 Å². The van der Waals surface area contributed by atoms with Crippen LogP contribution in [0.25, 0.3) is 5.82 Å². The van der Waals surface area contributed by atoms with Crippen LogP contribution in [0.4, 0.5) is 0 Å². The maximum absolute atomic E-state index is 11.4. The van der Waals surface area contributed by atoms with Crippen molar-refractivity contribution in [2.45, 2.75) is 10.8 Å². The van der Waals surface area contributed by atoms with Crippen molar-refractivity contribution in [3.05, 3.63) is 70.5 Å². The molecular weight excluding hydrogens is 378 g/mol. The number of benzene rings is 1. The number of carboxylic acid groups (broad SMARTS) is 1. The highest BCUT2D eigenvalue weighted by Gasteiger charge is 2.19. The van der Waals surface area contributed by atoms with Crippen LogP contribution in [0, 0.1) is 0 Å². The maximum atomic E-state index is 11.4. The van der Waals surface area contributed by atoms with Crippen molar-refractivity contribution in [1.29, 1.82) is 0 Å². The van der Waals surface area contributed by atoms with E-state index in [0.29, 0.717) is 21.2 Å². The van der Waals surface area contributed by atoms with Gasteiger partial charge in [0.15, 0.2) is 5.82 Å². The third-order valence-electron chi connectivity index (χ3n) is 3.09. The van der Waals surface area contributed by atoms with E-state index < -0.39 is 5.97 Å². The summed E-state index contributed by atoms with van der Waals surface area (Å²) in [5.41, 5.74) is 1.29. The van der Waals surface area contributed by atoms with Crippen LogP contribution < -0.4 is 0 Å². The molecule has 2 aromatic heterocycles. The number of aromatic nitrogens is 3. The van der Waals surface area contributed by atoms with Gasteiger partial charge in [0.2, 0.25) is 0 Å². The van der Waals surface area contributed by atoms with Gasteiger partial charge in [-0.25, -0.2) is 14.5 Å². The Kier molecular flexibility index (Phi) is 4.78. The Morgan fingerprint density at radius 2 is 1.96 bits per heavy atom. The summed E-state index contributed by atoms with van der Waals surface area (Å²) in [7, 11) is 0. The standard InChI is InChI=1S/C16H12BrN3O2S/c17-13-7-4-8-14(19-13)20-15(12(9-18-20)16(21)22)23-10-11-5-2-1-3-6-11/h1-9H,10H2,(H,21,22). The van der Waals surface area contributed by atoms with Gasteiger partial charge < -0.3 is 5.11 Å². The van der Waals surface area contributed by atoms with Gasteiger partial charge in [-0.05, 0) is 33.6 Å². The smallest absolute Gasteiger partial charge is 0.340 e. The lowest BCUT2D eigenvalue weighted by atomic mass is 10.2. The van der Waals surface area contributed by atoms with Gasteiger partial charge in [0.25, 0.3) is 0 Å². The molecule has 0 aliphatic rings. The van der Waals surface area contributed by atoms with Crippen molar-refractivity contribution in [1.82, 2.24) is 14.8 Å². The monoisotopic (exact) mass is 389 g/mol. The lowest BCUT2D eigenvalue weighted by Gasteiger charge is -2.08. The van der Waals surface area contributed by atoms with Gasteiger partial charge in [-0.2, -0.15) is 5.10 Å². The first-order valence-corrected chi connectivity index (χ1v) is 8.54. The van der Waals surface area contributed by atoms with Crippen molar-refractivity contribution in [3.8, 4) is 5.82 Å². The maximum Gasteiger partial charge on any atom is 0.340 e. The Labute approximate surface area is 145 Å². The Hall–Kier alpha value is -2.12. The molecule has 0 aliphatic carbocycles. The van der Waals surface area contributed by atoms with E-state index in [1.54, 1.807) is 10.7 Å². The number of hydrogen-bond donors (Lipinski definition) is 1. The van der Waals surface area contributed by atoms with Gasteiger partial charge in [-0.1, -0.05) is 36.4 Å². The second-order valence-electron chi connectivity index (χ2n) is 4.67. The minimum atomic E-state index is -0.998. The number of rotatable bonds is 5. The van der Waals surface area contributed by atoms with E-state index in [4.69, 9.17) is 0 Å². The molecule has 0 amide bonds. The van der Waals surface area contributed by atoms with E-state index in [1.165, 1.54) is 18.0 Å². The summed E-state index contributed by atoms with van der Waals surface area (Å²) >= 11 is 4.75. The van der Waals surface area contributed by atoms with Gasteiger partial charge in [-0.15, -0.1) is 11.8 Å². The molecular formula is C16H12BrN3O2S. The fraction of sp³-hybridized carbons (Fsp3) is 0.0625. The molecule has 23 heavy (non-hydrogen) atoms. The molecule has 5 nitrogen and oxygen atoms in total. The summed E-state index contributed by atoms with van der Waals surface area (Å²) in [4.78, 5) is 15.8. The molecule has 116 valence electrons. The molecule has 1 aromatic carbocycles. The third kappa shape index (κ3) is 3.62. The molecule has 0 atom stereocenters. The van der Waals surface area contributed by atoms with Crippen LogP contribution in [0.15, 0.2) is 64.4 Å². The lowest BCUT2D eigenvalue weighted by Crippen LogP contribution is -2.04.